The van der Waals surface area contributed by atoms with E-state index in [4.69, 9.17) is 19.0 Å². The standard InChI is InChI=1S/C27H30N2O9S/c1-15-5-7-17(8-6-15)26-25(27(33)28-3)20-11-19-16(2)37-18(14-36-24(32)10-9-23(30)31)13-29(39(4,34)35)21(19)12-22(20)38-26/h5-8,11-12,16,18H,9-10,13-14H2,1-4H3,(H,28,33)(H,30,31)/t16-,18-/m0/s1. The maximum absolute atomic E-state index is 13.0. The third-order valence-electron chi connectivity index (χ3n) is 6.45. The number of esters is 1. The molecule has 1 aromatic heterocycles. The number of amides is 1. The van der Waals surface area contributed by atoms with Gasteiger partial charge in [0, 0.05) is 29.6 Å². The van der Waals surface area contributed by atoms with Gasteiger partial charge in [-0.3, -0.25) is 18.7 Å². The Morgan fingerprint density at radius 3 is 2.46 bits per heavy atom. The maximum atomic E-state index is 13.0. The molecule has 0 radical (unpaired) electrons. The number of rotatable bonds is 8. The number of nitrogens with one attached hydrogen (secondary N) is 1. The van der Waals surface area contributed by atoms with Crippen LogP contribution in [0, 0.1) is 6.92 Å². The zero-order valence-corrected chi connectivity index (χ0v) is 22.8. The van der Waals surface area contributed by atoms with E-state index in [1.165, 1.54) is 7.05 Å². The lowest BCUT2D eigenvalue weighted by molar-refractivity contribution is -0.151. The summed E-state index contributed by atoms with van der Waals surface area (Å²) in [6.07, 6.45) is -1.10. The lowest BCUT2D eigenvalue weighted by Crippen LogP contribution is -2.39. The Morgan fingerprint density at radius 1 is 1.15 bits per heavy atom. The summed E-state index contributed by atoms with van der Waals surface area (Å²) in [5.74, 6) is -1.86. The van der Waals surface area contributed by atoms with Crippen molar-refractivity contribution in [3.05, 3.63) is 53.1 Å². The molecule has 2 heterocycles. The minimum Gasteiger partial charge on any atom is -0.481 e. The van der Waals surface area contributed by atoms with E-state index in [0.29, 0.717) is 39.1 Å². The van der Waals surface area contributed by atoms with Crippen molar-refractivity contribution in [2.24, 2.45) is 0 Å². The Hall–Kier alpha value is -3.90. The predicted molar refractivity (Wildman–Crippen MR) is 143 cm³/mol. The number of hydrogen-bond donors (Lipinski definition) is 2. The Balaban J connectivity index is 1.77. The minimum atomic E-state index is -3.81. The average Bonchev–Trinajstić information content (AvgIpc) is 3.18. The highest BCUT2D eigenvalue weighted by Crippen LogP contribution is 2.42. The molecule has 0 bridgehead atoms. The van der Waals surface area contributed by atoms with E-state index in [0.717, 1.165) is 16.1 Å². The summed E-state index contributed by atoms with van der Waals surface area (Å²) in [6, 6.07) is 10.8. The predicted octanol–water partition coefficient (Wildman–Crippen LogP) is 3.40. The molecule has 1 aliphatic rings. The fraction of sp³-hybridized carbons (Fsp3) is 0.370. The molecule has 0 aliphatic carbocycles. The first-order valence-electron chi connectivity index (χ1n) is 12.3. The molecule has 39 heavy (non-hydrogen) atoms. The number of carbonyl (C=O) groups is 3. The Bertz CT molecular complexity index is 1530. The Labute approximate surface area is 225 Å². The van der Waals surface area contributed by atoms with Crippen LogP contribution >= 0.6 is 0 Å². The zero-order chi connectivity index (χ0) is 28.5. The smallest absolute Gasteiger partial charge is 0.306 e. The zero-order valence-electron chi connectivity index (χ0n) is 22.0. The van der Waals surface area contributed by atoms with E-state index in [1.54, 1.807) is 19.1 Å². The van der Waals surface area contributed by atoms with Gasteiger partial charge in [0.2, 0.25) is 10.0 Å². The number of aliphatic carboxylic acids is 1. The SMILES string of the molecule is CNC(=O)c1c(-c2ccc(C)cc2)oc2cc3c(cc12)[C@H](C)O[C@H](COC(=O)CCC(=O)O)CN3S(C)(=O)=O. The van der Waals surface area contributed by atoms with E-state index >= 15 is 0 Å². The summed E-state index contributed by atoms with van der Waals surface area (Å²) < 4.78 is 44.4. The van der Waals surface area contributed by atoms with E-state index in [2.05, 4.69) is 5.32 Å². The highest BCUT2D eigenvalue weighted by atomic mass is 32.2. The highest BCUT2D eigenvalue weighted by Gasteiger charge is 2.34. The van der Waals surface area contributed by atoms with E-state index in [1.807, 2.05) is 31.2 Å². The first-order valence-corrected chi connectivity index (χ1v) is 14.1. The van der Waals surface area contributed by atoms with Gasteiger partial charge in [0.15, 0.2) is 0 Å². The molecule has 2 atom stereocenters. The second-order valence-corrected chi connectivity index (χ2v) is 11.3. The van der Waals surface area contributed by atoms with Gasteiger partial charge in [-0.2, -0.15) is 0 Å². The Morgan fingerprint density at radius 2 is 1.85 bits per heavy atom. The van der Waals surface area contributed by atoms with Gasteiger partial charge in [0.1, 0.15) is 24.1 Å². The van der Waals surface area contributed by atoms with Crippen LogP contribution in [0.2, 0.25) is 0 Å². The quantitative estimate of drug-likeness (QED) is 0.396. The summed E-state index contributed by atoms with van der Waals surface area (Å²) in [7, 11) is -2.30. The number of furan rings is 1. The molecule has 2 N–H and O–H groups in total. The molecule has 1 aliphatic heterocycles. The molecule has 2 aromatic carbocycles. The van der Waals surface area contributed by atoms with Gasteiger partial charge < -0.3 is 24.3 Å². The van der Waals surface area contributed by atoms with Crippen molar-refractivity contribution >= 4 is 44.5 Å². The fourth-order valence-electron chi connectivity index (χ4n) is 4.51. The lowest BCUT2D eigenvalue weighted by atomic mass is 10.00. The van der Waals surface area contributed by atoms with Gasteiger partial charge in [0.25, 0.3) is 5.91 Å². The second kappa shape index (κ2) is 11.1. The van der Waals surface area contributed by atoms with Crippen molar-refractivity contribution in [2.45, 2.75) is 38.9 Å². The minimum absolute atomic E-state index is 0.151. The van der Waals surface area contributed by atoms with Gasteiger partial charge in [-0.25, -0.2) is 8.42 Å². The molecule has 1 amide bonds. The molecule has 12 heteroatoms. The number of anilines is 1. The molecule has 0 fully saturated rings. The van der Waals surface area contributed by atoms with E-state index < -0.39 is 34.2 Å². The second-order valence-electron chi connectivity index (χ2n) is 9.43. The molecule has 11 nitrogen and oxygen atoms in total. The number of sulfonamides is 1. The van der Waals surface area contributed by atoms with Gasteiger partial charge in [0.05, 0.1) is 43.0 Å². The number of benzene rings is 2. The molecule has 3 aromatic rings. The number of hydrogen-bond acceptors (Lipinski definition) is 8. The van der Waals surface area contributed by atoms with Crippen LogP contribution in [0.25, 0.3) is 22.3 Å². The monoisotopic (exact) mass is 558 g/mol. The summed E-state index contributed by atoms with van der Waals surface area (Å²) in [6.45, 7) is 3.27. The van der Waals surface area contributed by atoms with Crippen molar-refractivity contribution in [2.75, 3.05) is 30.8 Å². The third-order valence-corrected chi connectivity index (χ3v) is 7.60. The number of nitrogens with zero attached hydrogens (tertiary/aromatic N) is 1. The summed E-state index contributed by atoms with van der Waals surface area (Å²) in [5.41, 5.74) is 3.20. The number of fused-ring (bicyclic) bond motifs is 2. The fourth-order valence-corrected chi connectivity index (χ4v) is 5.46. The molecule has 0 saturated heterocycles. The van der Waals surface area contributed by atoms with Crippen LogP contribution in [0.5, 0.6) is 0 Å². The third kappa shape index (κ3) is 6.07. The highest BCUT2D eigenvalue weighted by molar-refractivity contribution is 7.92. The number of aryl methyl sites for hydroxylation is 1. The van der Waals surface area contributed by atoms with Crippen LogP contribution in [0.3, 0.4) is 0 Å². The molecule has 208 valence electrons. The largest absolute Gasteiger partial charge is 0.481 e. The van der Waals surface area contributed by atoms with E-state index in [-0.39, 0.29) is 31.9 Å². The van der Waals surface area contributed by atoms with E-state index in [9.17, 15) is 22.8 Å². The van der Waals surface area contributed by atoms with Crippen LogP contribution in [0.15, 0.2) is 40.8 Å². The van der Waals surface area contributed by atoms with Crippen molar-refractivity contribution in [1.82, 2.24) is 5.32 Å². The molecule has 0 saturated carbocycles. The summed E-state index contributed by atoms with van der Waals surface area (Å²) in [5, 5.41) is 11.9. The molecule has 0 unspecified atom stereocenters. The number of carbonyl (C=O) groups excluding carboxylic acids is 2. The van der Waals surface area contributed by atoms with Crippen molar-refractivity contribution in [3.8, 4) is 11.3 Å². The summed E-state index contributed by atoms with van der Waals surface area (Å²) >= 11 is 0. The van der Waals surface area contributed by atoms with Gasteiger partial charge >= 0.3 is 11.9 Å². The van der Waals surface area contributed by atoms with Crippen LogP contribution in [0.1, 0.15) is 47.4 Å². The average molecular weight is 559 g/mol. The number of carboxylic acids is 1. The summed E-state index contributed by atoms with van der Waals surface area (Å²) in [4.78, 5) is 35.7. The number of carboxylic acid groups (broad SMARTS) is 1. The van der Waals surface area contributed by atoms with Crippen molar-refractivity contribution in [3.63, 3.8) is 0 Å². The topological polar surface area (TPSA) is 152 Å². The van der Waals surface area contributed by atoms with Crippen LogP contribution in [-0.2, 0) is 29.1 Å². The van der Waals surface area contributed by atoms with Crippen molar-refractivity contribution in [1.29, 1.82) is 0 Å². The lowest BCUT2D eigenvalue weighted by Gasteiger charge is -2.24. The first-order chi connectivity index (χ1) is 18.4. The normalized spacial score (nSPS) is 17.4. The van der Waals surface area contributed by atoms with Gasteiger partial charge in [-0.15, -0.1) is 0 Å². The van der Waals surface area contributed by atoms with Crippen LogP contribution in [0.4, 0.5) is 5.69 Å². The molecular weight excluding hydrogens is 528 g/mol. The molecule has 4 rings (SSSR count). The maximum Gasteiger partial charge on any atom is 0.306 e. The van der Waals surface area contributed by atoms with Crippen LogP contribution in [-0.4, -0.2) is 63.9 Å². The van der Waals surface area contributed by atoms with Crippen molar-refractivity contribution < 1.29 is 41.8 Å². The van der Waals surface area contributed by atoms with Crippen LogP contribution < -0.4 is 9.62 Å². The Kier molecular flexibility index (Phi) is 7.98. The first kappa shape index (κ1) is 28.1. The van der Waals surface area contributed by atoms with Gasteiger partial charge in [-0.1, -0.05) is 29.8 Å². The van der Waals surface area contributed by atoms with Gasteiger partial charge in [-0.05, 0) is 19.9 Å². The molecule has 0 spiro atoms. The number of ether oxygens (including phenoxy) is 2. The molecular formula is C27H30N2O9S.